The van der Waals surface area contributed by atoms with E-state index in [2.05, 4.69) is 0 Å². The second-order valence-corrected chi connectivity index (χ2v) is 6.34. The number of aliphatic carboxylic acids is 3. The first-order valence-corrected chi connectivity index (χ1v) is 8.83. The molecule has 0 amide bonds. The van der Waals surface area contributed by atoms with Crippen molar-refractivity contribution in [3.63, 3.8) is 0 Å². The van der Waals surface area contributed by atoms with Gasteiger partial charge in [-0.1, -0.05) is 41.9 Å². The van der Waals surface area contributed by atoms with Crippen molar-refractivity contribution < 1.29 is 43.7 Å². The minimum atomic E-state index is -1.23. The van der Waals surface area contributed by atoms with Gasteiger partial charge >= 0.3 is 17.9 Å². The second kappa shape index (κ2) is 12.0. The molecule has 0 saturated heterocycles. The van der Waals surface area contributed by atoms with Crippen LogP contribution in [0.4, 0.5) is 4.39 Å². The number of ketones is 2. The zero-order valence-corrected chi connectivity index (χ0v) is 16.5. The van der Waals surface area contributed by atoms with Crippen LogP contribution in [0.15, 0.2) is 48.5 Å². The number of hydrogen-bond donors (Lipinski definition) is 3. The normalized spacial score (nSPS) is 10.1. The quantitative estimate of drug-likeness (QED) is 0.314. The predicted molar refractivity (Wildman–Crippen MR) is 108 cm³/mol. The van der Waals surface area contributed by atoms with Gasteiger partial charge in [0, 0.05) is 27.8 Å². The van der Waals surface area contributed by atoms with E-state index in [4.69, 9.17) is 26.9 Å². The minimum absolute atomic E-state index is 0.171. The van der Waals surface area contributed by atoms with E-state index in [9.17, 15) is 28.4 Å². The van der Waals surface area contributed by atoms with E-state index in [-0.39, 0.29) is 21.7 Å². The smallest absolute Gasteiger partial charge is 0.328 e. The standard InChI is InChI=1S/C12H10O6.C9H6ClFO2/c13-9(5-11(15)16)7-1-2-8(4-3-7)10(14)6-12(17)18;10-7-3-1-6(8(11)5-7)2-4-9(12)13/h1-4H,5-6H2,(H,15,16)(H,17,18);1-5H,(H,12,13)/b;4-2+. The van der Waals surface area contributed by atoms with E-state index in [0.717, 1.165) is 12.1 Å². The summed E-state index contributed by atoms with van der Waals surface area (Å²) >= 11 is 5.50. The molecule has 0 radical (unpaired) electrons. The first kappa shape index (κ1) is 25.2. The Morgan fingerprint density at radius 3 is 1.61 bits per heavy atom. The van der Waals surface area contributed by atoms with Crippen molar-refractivity contribution in [3.05, 3.63) is 76.1 Å². The van der Waals surface area contributed by atoms with Gasteiger partial charge in [-0.25, -0.2) is 9.18 Å². The molecule has 0 unspecified atom stereocenters. The first-order valence-electron chi connectivity index (χ1n) is 8.45. The number of rotatable bonds is 8. The summed E-state index contributed by atoms with van der Waals surface area (Å²) in [6, 6.07) is 9.26. The molecule has 0 aliphatic heterocycles. The molecule has 0 spiro atoms. The van der Waals surface area contributed by atoms with Gasteiger partial charge in [0.2, 0.25) is 0 Å². The fraction of sp³-hybridized carbons (Fsp3) is 0.0952. The van der Waals surface area contributed by atoms with Crippen LogP contribution in [0.3, 0.4) is 0 Å². The van der Waals surface area contributed by atoms with E-state index in [1.807, 2.05) is 0 Å². The number of carbonyl (C=O) groups excluding carboxylic acids is 2. The third-order valence-corrected chi connectivity index (χ3v) is 3.76. The van der Waals surface area contributed by atoms with Gasteiger partial charge < -0.3 is 15.3 Å². The van der Waals surface area contributed by atoms with Gasteiger partial charge in [-0.3, -0.25) is 19.2 Å². The molecule has 0 aliphatic rings. The Hall–Kier alpha value is -3.85. The van der Waals surface area contributed by atoms with Crippen LogP contribution >= 0.6 is 11.6 Å². The number of Topliss-reactive ketones (excluding diaryl/α,β-unsaturated/α-hetero) is 2. The zero-order chi connectivity index (χ0) is 23.6. The molecule has 0 heterocycles. The van der Waals surface area contributed by atoms with Crippen molar-refractivity contribution in [2.75, 3.05) is 0 Å². The van der Waals surface area contributed by atoms with Crippen molar-refractivity contribution in [1.82, 2.24) is 0 Å². The Labute approximate surface area is 180 Å². The molecule has 31 heavy (non-hydrogen) atoms. The Bertz CT molecular complexity index is 981. The molecule has 2 rings (SSSR count). The second-order valence-electron chi connectivity index (χ2n) is 5.90. The molecule has 8 nitrogen and oxygen atoms in total. The Kier molecular flexibility index (Phi) is 9.74. The third kappa shape index (κ3) is 9.46. The molecule has 162 valence electrons. The molecule has 0 atom stereocenters. The van der Waals surface area contributed by atoms with Crippen LogP contribution in [0.5, 0.6) is 0 Å². The Balaban J connectivity index is 0.000000327. The fourth-order valence-electron chi connectivity index (χ4n) is 2.12. The highest BCUT2D eigenvalue weighted by Crippen LogP contribution is 2.15. The number of hydrogen-bond acceptors (Lipinski definition) is 5. The van der Waals surface area contributed by atoms with Gasteiger partial charge in [0.1, 0.15) is 18.7 Å². The van der Waals surface area contributed by atoms with E-state index in [0.29, 0.717) is 0 Å². The van der Waals surface area contributed by atoms with Crippen molar-refractivity contribution in [2.45, 2.75) is 12.8 Å². The molecule has 0 aromatic heterocycles. The van der Waals surface area contributed by atoms with Gasteiger partial charge in [0.25, 0.3) is 0 Å². The van der Waals surface area contributed by atoms with E-state index < -0.39 is 48.1 Å². The van der Waals surface area contributed by atoms with E-state index in [1.165, 1.54) is 42.5 Å². The lowest BCUT2D eigenvalue weighted by molar-refractivity contribution is -0.137. The summed E-state index contributed by atoms with van der Waals surface area (Å²) in [4.78, 5) is 53.5. The van der Waals surface area contributed by atoms with Crippen molar-refractivity contribution >= 4 is 47.2 Å². The SMILES string of the molecule is O=C(O)/C=C/c1ccc(Cl)cc1F.O=C(O)CC(=O)c1ccc(C(=O)CC(=O)O)cc1. The van der Waals surface area contributed by atoms with E-state index >= 15 is 0 Å². The summed E-state index contributed by atoms with van der Waals surface area (Å²) in [6.45, 7) is 0. The molecular weight excluding hydrogens is 435 g/mol. The van der Waals surface area contributed by atoms with Crippen LogP contribution in [-0.4, -0.2) is 44.8 Å². The minimum Gasteiger partial charge on any atom is -0.481 e. The number of benzene rings is 2. The molecule has 0 bridgehead atoms. The maximum Gasteiger partial charge on any atom is 0.328 e. The highest BCUT2D eigenvalue weighted by Gasteiger charge is 2.13. The van der Waals surface area contributed by atoms with Crippen LogP contribution in [0.1, 0.15) is 39.1 Å². The van der Waals surface area contributed by atoms with Gasteiger partial charge in [0.15, 0.2) is 11.6 Å². The van der Waals surface area contributed by atoms with Gasteiger partial charge in [0.05, 0.1) is 0 Å². The van der Waals surface area contributed by atoms with Crippen molar-refractivity contribution in [2.24, 2.45) is 0 Å². The van der Waals surface area contributed by atoms with Crippen LogP contribution in [-0.2, 0) is 14.4 Å². The Morgan fingerprint density at radius 1 is 0.806 bits per heavy atom. The van der Waals surface area contributed by atoms with Gasteiger partial charge in [-0.2, -0.15) is 0 Å². The van der Waals surface area contributed by atoms with Crippen LogP contribution in [0.25, 0.3) is 6.08 Å². The van der Waals surface area contributed by atoms with Gasteiger partial charge in [-0.15, -0.1) is 0 Å². The number of carboxylic acids is 3. The molecule has 0 aliphatic carbocycles. The summed E-state index contributed by atoms with van der Waals surface area (Å²) < 4.78 is 13.0. The molecule has 2 aromatic carbocycles. The molecule has 10 heteroatoms. The van der Waals surface area contributed by atoms with Crippen LogP contribution < -0.4 is 0 Å². The van der Waals surface area contributed by atoms with E-state index in [1.54, 1.807) is 0 Å². The average molecular weight is 451 g/mol. The van der Waals surface area contributed by atoms with Crippen molar-refractivity contribution in [3.8, 4) is 0 Å². The maximum absolute atomic E-state index is 13.0. The fourth-order valence-corrected chi connectivity index (χ4v) is 2.28. The molecular formula is C21H16ClFO8. The summed E-state index contributed by atoms with van der Waals surface area (Å²) in [5, 5.41) is 25.5. The highest BCUT2D eigenvalue weighted by molar-refractivity contribution is 6.30. The number of carbonyl (C=O) groups is 5. The lowest BCUT2D eigenvalue weighted by Gasteiger charge is -2.01. The van der Waals surface area contributed by atoms with Crippen LogP contribution in [0, 0.1) is 5.82 Å². The molecule has 2 aromatic rings. The first-order chi connectivity index (χ1) is 14.5. The predicted octanol–water partition coefficient (Wildman–Crippen LogP) is 3.58. The summed E-state index contributed by atoms with van der Waals surface area (Å²) in [5.74, 6) is -5.25. The zero-order valence-electron chi connectivity index (χ0n) is 15.7. The molecule has 0 fully saturated rings. The number of carboxylic acid groups (broad SMARTS) is 3. The summed E-state index contributed by atoms with van der Waals surface area (Å²) in [7, 11) is 0. The average Bonchev–Trinajstić information content (AvgIpc) is 2.66. The third-order valence-electron chi connectivity index (χ3n) is 3.52. The van der Waals surface area contributed by atoms with Crippen LogP contribution in [0.2, 0.25) is 5.02 Å². The lowest BCUT2D eigenvalue weighted by atomic mass is 10.0. The summed E-state index contributed by atoms with van der Waals surface area (Å²) in [6.07, 6.45) is 0.797. The lowest BCUT2D eigenvalue weighted by Crippen LogP contribution is -2.09. The maximum atomic E-state index is 13.0. The largest absolute Gasteiger partial charge is 0.481 e. The summed E-state index contributed by atoms with van der Waals surface area (Å²) in [5.41, 5.74) is 0.542. The van der Waals surface area contributed by atoms with Gasteiger partial charge in [-0.05, 0) is 18.2 Å². The highest BCUT2D eigenvalue weighted by atomic mass is 35.5. The van der Waals surface area contributed by atoms with Crippen molar-refractivity contribution in [1.29, 1.82) is 0 Å². The number of halogens is 2. The molecule has 3 N–H and O–H groups in total. The molecule has 0 saturated carbocycles. The topological polar surface area (TPSA) is 146 Å². The Morgan fingerprint density at radius 2 is 1.26 bits per heavy atom. The monoisotopic (exact) mass is 450 g/mol.